The molecule has 1 N–H and O–H groups in total. The van der Waals surface area contributed by atoms with Crippen molar-refractivity contribution >= 4 is 5.91 Å². The highest BCUT2D eigenvalue weighted by Crippen LogP contribution is 2.22. The molecule has 1 heterocycles. The molecule has 0 saturated carbocycles. The van der Waals surface area contributed by atoms with Crippen LogP contribution < -0.4 is 5.32 Å². The van der Waals surface area contributed by atoms with Crippen LogP contribution in [0.5, 0.6) is 0 Å². The highest BCUT2D eigenvalue weighted by molar-refractivity contribution is 5.99. The van der Waals surface area contributed by atoms with Gasteiger partial charge >= 0.3 is 0 Å². The van der Waals surface area contributed by atoms with E-state index in [-0.39, 0.29) is 5.91 Å². The average Bonchev–Trinajstić information content (AvgIpc) is 3.06. The van der Waals surface area contributed by atoms with Crippen LogP contribution in [-0.2, 0) is 6.42 Å². The Morgan fingerprint density at radius 1 is 1.00 bits per heavy atom. The first-order valence-electron chi connectivity index (χ1n) is 7.17. The molecule has 3 aromatic rings. The summed E-state index contributed by atoms with van der Waals surface area (Å²) in [7, 11) is 0. The lowest BCUT2D eigenvalue weighted by atomic mass is 10.1. The molecule has 0 radical (unpaired) electrons. The third-order valence-corrected chi connectivity index (χ3v) is 3.39. The first kappa shape index (κ1) is 14.1. The van der Waals surface area contributed by atoms with Crippen LogP contribution in [0.2, 0.25) is 0 Å². The Bertz CT molecular complexity index is 736. The Morgan fingerprint density at radius 2 is 1.68 bits per heavy atom. The van der Waals surface area contributed by atoms with Crippen LogP contribution in [0.3, 0.4) is 0 Å². The molecule has 110 valence electrons. The SMILES string of the molecule is O=C(NCCc1ccccc1)c1cnoc1-c1ccccc1. The smallest absolute Gasteiger partial charge is 0.256 e. The molecule has 0 bridgehead atoms. The molecule has 0 saturated heterocycles. The van der Waals surface area contributed by atoms with E-state index in [0.717, 1.165) is 12.0 Å². The summed E-state index contributed by atoms with van der Waals surface area (Å²) in [5, 5.41) is 6.65. The van der Waals surface area contributed by atoms with Gasteiger partial charge in [-0.1, -0.05) is 65.8 Å². The number of hydrogen-bond acceptors (Lipinski definition) is 3. The molecule has 0 aliphatic carbocycles. The van der Waals surface area contributed by atoms with E-state index in [4.69, 9.17) is 4.52 Å². The number of hydrogen-bond donors (Lipinski definition) is 1. The lowest BCUT2D eigenvalue weighted by molar-refractivity contribution is 0.0954. The van der Waals surface area contributed by atoms with Gasteiger partial charge in [0.25, 0.3) is 5.91 Å². The van der Waals surface area contributed by atoms with Crippen LogP contribution >= 0.6 is 0 Å². The summed E-state index contributed by atoms with van der Waals surface area (Å²) >= 11 is 0. The van der Waals surface area contributed by atoms with Gasteiger partial charge in [0.2, 0.25) is 0 Å². The molecule has 0 fully saturated rings. The van der Waals surface area contributed by atoms with Crippen molar-refractivity contribution < 1.29 is 9.32 Å². The van der Waals surface area contributed by atoms with Gasteiger partial charge in [0, 0.05) is 12.1 Å². The Labute approximate surface area is 128 Å². The zero-order valence-corrected chi connectivity index (χ0v) is 12.0. The van der Waals surface area contributed by atoms with E-state index in [0.29, 0.717) is 17.9 Å². The normalized spacial score (nSPS) is 10.4. The fourth-order valence-corrected chi connectivity index (χ4v) is 2.26. The van der Waals surface area contributed by atoms with Crippen molar-refractivity contribution in [3.63, 3.8) is 0 Å². The quantitative estimate of drug-likeness (QED) is 0.785. The van der Waals surface area contributed by atoms with Crippen molar-refractivity contribution in [1.82, 2.24) is 10.5 Å². The largest absolute Gasteiger partial charge is 0.355 e. The van der Waals surface area contributed by atoms with Crippen molar-refractivity contribution in [2.24, 2.45) is 0 Å². The second-order valence-electron chi connectivity index (χ2n) is 4.93. The molecule has 0 atom stereocenters. The van der Waals surface area contributed by atoms with Gasteiger partial charge in [-0.15, -0.1) is 0 Å². The van der Waals surface area contributed by atoms with Gasteiger partial charge in [0.15, 0.2) is 5.76 Å². The second-order valence-corrected chi connectivity index (χ2v) is 4.93. The number of amides is 1. The first-order chi connectivity index (χ1) is 10.8. The Morgan fingerprint density at radius 3 is 2.41 bits per heavy atom. The molecule has 22 heavy (non-hydrogen) atoms. The average molecular weight is 292 g/mol. The van der Waals surface area contributed by atoms with E-state index >= 15 is 0 Å². The van der Waals surface area contributed by atoms with E-state index in [1.807, 2.05) is 60.7 Å². The van der Waals surface area contributed by atoms with Gasteiger partial charge < -0.3 is 9.84 Å². The number of nitrogens with one attached hydrogen (secondary N) is 1. The molecule has 4 nitrogen and oxygen atoms in total. The third kappa shape index (κ3) is 3.23. The van der Waals surface area contributed by atoms with E-state index in [9.17, 15) is 4.79 Å². The minimum atomic E-state index is -0.170. The third-order valence-electron chi connectivity index (χ3n) is 3.39. The van der Waals surface area contributed by atoms with Crippen LogP contribution in [0.4, 0.5) is 0 Å². The highest BCUT2D eigenvalue weighted by Gasteiger charge is 2.17. The van der Waals surface area contributed by atoms with E-state index in [1.54, 1.807) is 0 Å². The molecular formula is C18H16N2O2. The molecule has 4 heteroatoms. The van der Waals surface area contributed by atoms with Gasteiger partial charge in [-0.25, -0.2) is 0 Å². The predicted octanol–water partition coefficient (Wildman–Crippen LogP) is 3.31. The molecule has 1 aromatic heterocycles. The fraction of sp³-hybridized carbons (Fsp3) is 0.111. The molecule has 3 rings (SSSR count). The Hall–Kier alpha value is -2.88. The van der Waals surface area contributed by atoms with Crippen LogP contribution in [0, 0.1) is 0 Å². The Kier molecular flexibility index (Phi) is 4.30. The van der Waals surface area contributed by atoms with E-state index in [1.165, 1.54) is 11.8 Å². The maximum absolute atomic E-state index is 12.3. The molecule has 0 unspecified atom stereocenters. The van der Waals surface area contributed by atoms with Crippen LogP contribution in [0.1, 0.15) is 15.9 Å². The van der Waals surface area contributed by atoms with Gasteiger partial charge in [0.05, 0.1) is 6.20 Å². The molecule has 1 amide bonds. The lowest BCUT2D eigenvalue weighted by Gasteiger charge is -2.05. The minimum absolute atomic E-state index is 0.170. The minimum Gasteiger partial charge on any atom is -0.355 e. The van der Waals surface area contributed by atoms with Gasteiger partial charge in [0.1, 0.15) is 5.56 Å². The molecule has 0 aliphatic rings. The number of nitrogens with zero attached hydrogens (tertiary/aromatic N) is 1. The fourth-order valence-electron chi connectivity index (χ4n) is 2.26. The maximum Gasteiger partial charge on any atom is 0.256 e. The summed E-state index contributed by atoms with van der Waals surface area (Å²) in [6, 6.07) is 19.5. The van der Waals surface area contributed by atoms with E-state index in [2.05, 4.69) is 10.5 Å². The number of carbonyl (C=O) groups is 1. The second kappa shape index (κ2) is 6.72. The summed E-state index contributed by atoms with van der Waals surface area (Å²) in [4.78, 5) is 12.3. The van der Waals surface area contributed by atoms with Crippen molar-refractivity contribution in [3.8, 4) is 11.3 Å². The highest BCUT2D eigenvalue weighted by atomic mass is 16.5. The summed E-state index contributed by atoms with van der Waals surface area (Å²) < 4.78 is 5.23. The Balaban J connectivity index is 1.65. The summed E-state index contributed by atoms with van der Waals surface area (Å²) in [5.74, 6) is 0.328. The van der Waals surface area contributed by atoms with E-state index < -0.39 is 0 Å². The number of benzene rings is 2. The number of aromatic nitrogens is 1. The van der Waals surface area contributed by atoms with Gasteiger partial charge in [-0.05, 0) is 12.0 Å². The first-order valence-corrected chi connectivity index (χ1v) is 7.17. The van der Waals surface area contributed by atoms with Crippen molar-refractivity contribution in [2.75, 3.05) is 6.54 Å². The standard InChI is InChI=1S/C18H16N2O2/c21-18(19-12-11-14-7-3-1-4-8-14)16-13-20-22-17(16)15-9-5-2-6-10-15/h1-10,13H,11-12H2,(H,19,21). The monoisotopic (exact) mass is 292 g/mol. The maximum atomic E-state index is 12.3. The van der Waals surface area contributed by atoms with Crippen LogP contribution in [-0.4, -0.2) is 17.6 Å². The van der Waals surface area contributed by atoms with Crippen LogP contribution in [0.25, 0.3) is 11.3 Å². The topological polar surface area (TPSA) is 55.1 Å². The van der Waals surface area contributed by atoms with Crippen molar-refractivity contribution in [3.05, 3.63) is 78.0 Å². The van der Waals surface area contributed by atoms with Gasteiger partial charge in [-0.3, -0.25) is 4.79 Å². The molecule has 0 aliphatic heterocycles. The lowest BCUT2D eigenvalue weighted by Crippen LogP contribution is -2.25. The zero-order chi connectivity index (χ0) is 15.2. The molecule has 0 spiro atoms. The van der Waals surface area contributed by atoms with Crippen molar-refractivity contribution in [1.29, 1.82) is 0 Å². The zero-order valence-electron chi connectivity index (χ0n) is 12.0. The summed E-state index contributed by atoms with van der Waals surface area (Å²) in [5.41, 5.74) is 2.49. The summed E-state index contributed by atoms with van der Waals surface area (Å²) in [6.45, 7) is 0.572. The van der Waals surface area contributed by atoms with Crippen molar-refractivity contribution in [2.45, 2.75) is 6.42 Å². The van der Waals surface area contributed by atoms with Gasteiger partial charge in [-0.2, -0.15) is 0 Å². The van der Waals surface area contributed by atoms with Crippen LogP contribution in [0.15, 0.2) is 71.4 Å². The molecular weight excluding hydrogens is 276 g/mol. The predicted molar refractivity (Wildman–Crippen MR) is 84.4 cm³/mol. The number of rotatable bonds is 5. The number of carbonyl (C=O) groups excluding carboxylic acids is 1. The summed E-state index contributed by atoms with van der Waals surface area (Å²) in [6.07, 6.45) is 2.25. The molecule has 2 aromatic carbocycles.